The van der Waals surface area contributed by atoms with E-state index in [-0.39, 0.29) is 0 Å². The summed E-state index contributed by atoms with van der Waals surface area (Å²) >= 11 is 0. The monoisotopic (exact) mass is 196 g/mol. The first kappa shape index (κ1) is 12.3. The molecule has 0 aliphatic rings. The van der Waals surface area contributed by atoms with Gasteiger partial charge >= 0.3 is 0 Å². The first-order chi connectivity index (χ1) is 6.65. The quantitative estimate of drug-likeness (QED) is 0.546. The number of nitrogen functional groups attached to an aromatic ring is 1. The summed E-state index contributed by atoms with van der Waals surface area (Å²) in [4.78, 5) is 9.06. The summed E-state index contributed by atoms with van der Waals surface area (Å²) in [7, 11) is 3.18. The Morgan fingerprint density at radius 2 is 2.07 bits per heavy atom. The van der Waals surface area contributed by atoms with Crippen LogP contribution in [0.2, 0.25) is 0 Å². The molecule has 1 aromatic rings. The minimum atomic E-state index is 0.625. The number of amides is 1. The lowest BCUT2D eigenvalue weighted by Crippen LogP contribution is -1.98. The van der Waals surface area contributed by atoms with E-state index in [1.165, 1.54) is 0 Å². The van der Waals surface area contributed by atoms with Crippen molar-refractivity contribution in [3.05, 3.63) is 23.8 Å². The van der Waals surface area contributed by atoms with Crippen LogP contribution in [0.4, 0.5) is 5.69 Å². The lowest BCUT2D eigenvalue weighted by atomic mass is 10.2. The first-order valence-electron chi connectivity index (χ1n) is 4.16. The van der Waals surface area contributed by atoms with Gasteiger partial charge in [0.1, 0.15) is 5.75 Å². The highest BCUT2D eigenvalue weighted by Crippen LogP contribution is 2.21. The molecule has 0 radical (unpaired) electrons. The number of ether oxygens (including phenoxy) is 1. The molecule has 78 valence electrons. The summed E-state index contributed by atoms with van der Waals surface area (Å²) in [5.74, 6) is 0.750. The predicted octanol–water partition coefficient (Wildman–Crippen LogP) is 0.948. The Morgan fingerprint density at radius 3 is 2.43 bits per heavy atom. The van der Waals surface area contributed by atoms with Crippen molar-refractivity contribution in [3.63, 3.8) is 0 Å². The second-order valence-electron chi connectivity index (χ2n) is 2.65. The van der Waals surface area contributed by atoms with Crippen molar-refractivity contribution >= 4 is 12.1 Å². The van der Waals surface area contributed by atoms with Gasteiger partial charge in [0.05, 0.1) is 12.8 Å². The molecular formula is C10H16N2O2. The maximum absolute atomic E-state index is 9.06. The zero-order valence-corrected chi connectivity index (χ0v) is 8.70. The van der Waals surface area contributed by atoms with Gasteiger partial charge in [-0.15, -0.1) is 0 Å². The number of methoxy groups -OCH3 is 1. The lowest BCUT2D eigenvalue weighted by Gasteiger charge is -2.03. The van der Waals surface area contributed by atoms with Crippen molar-refractivity contribution in [1.82, 2.24) is 5.32 Å². The minimum absolute atomic E-state index is 0.625. The van der Waals surface area contributed by atoms with Gasteiger partial charge in [-0.1, -0.05) is 6.07 Å². The van der Waals surface area contributed by atoms with Gasteiger partial charge in [0, 0.05) is 7.05 Å². The number of benzene rings is 1. The number of rotatable bonds is 2. The molecule has 0 bridgehead atoms. The van der Waals surface area contributed by atoms with Crippen LogP contribution in [0, 0.1) is 6.92 Å². The molecule has 4 heteroatoms. The zero-order valence-electron chi connectivity index (χ0n) is 8.70. The molecule has 3 N–H and O–H groups in total. The Bertz CT molecular complexity index is 287. The maximum atomic E-state index is 9.06. The molecule has 1 aromatic carbocycles. The Morgan fingerprint density at radius 1 is 1.50 bits per heavy atom. The number of anilines is 1. The van der Waals surface area contributed by atoms with Crippen LogP contribution in [0.5, 0.6) is 5.75 Å². The van der Waals surface area contributed by atoms with Crippen molar-refractivity contribution in [2.75, 3.05) is 19.9 Å². The van der Waals surface area contributed by atoms with E-state index in [1.54, 1.807) is 14.2 Å². The Balaban J connectivity index is 0.000000364. The molecule has 0 atom stereocenters. The minimum Gasteiger partial charge on any atom is -0.495 e. The fraction of sp³-hybridized carbons (Fsp3) is 0.300. The lowest BCUT2D eigenvalue weighted by molar-refractivity contribution is -0.109. The van der Waals surface area contributed by atoms with Gasteiger partial charge in [-0.3, -0.25) is 4.79 Å². The van der Waals surface area contributed by atoms with E-state index >= 15 is 0 Å². The third-order valence-electron chi connectivity index (χ3n) is 1.51. The van der Waals surface area contributed by atoms with Gasteiger partial charge < -0.3 is 15.8 Å². The van der Waals surface area contributed by atoms with Crippen molar-refractivity contribution < 1.29 is 9.53 Å². The number of hydrogen-bond acceptors (Lipinski definition) is 3. The summed E-state index contributed by atoms with van der Waals surface area (Å²) in [5.41, 5.74) is 7.42. The van der Waals surface area contributed by atoms with Gasteiger partial charge in [0.2, 0.25) is 6.41 Å². The highest BCUT2D eigenvalue weighted by Gasteiger charge is 1.95. The molecule has 0 heterocycles. The second kappa shape index (κ2) is 6.77. The van der Waals surface area contributed by atoms with Gasteiger partial charge in [0.15, 0.2) is 0 Å². The van der Waals surface area contributed by atoms with E-state index in [4.69, 9.17) is 15.3 Å². The summed E-state index contributed by atoms with van der Waals surface area (Å²) in [5, 5.41) is 2.25. The van der Waals surface area contributed by atoms with E-state index in [0.29, 0.717) is 12.1 Å². The SMILES string of the molecule is CNC=O.COc1cc(C)ccc1N. The van der Waals surface area contributed by atoms with Crippen LogP contribution in [0.15, 0.2) is 18.2 Å². The first-order valence-corrected chi connectivity index (χ1v) is 4.16. The zero-order chi connectivity index (χ0) is 11.0. The summed E-state index contributed by atoms with van der Waals surface area (Å²) < 4.78 is 5.00. The van der Waals surface area contributed by atoms with Crippen molar-refractivity contribution in [1.29, 1.82) is 0 Å². The third-order valence-corrected chi connectivity index (χ3v) is 1.51. The number of nitrogens with one attached hydrogen (secondary N) is 1. The molecule has 1 amide bonds. The number of carbonyl (C=O) groups excluding carboxylic acids is 1. The van der Waals surface area contributed by atoms with Gasteiger partial charge in [0.25, 0.3) is 0 Å². The van der Waals surface area contributed by atoms with Crippen LogP contribution < -0.4 is 15.8 Å². The molecule has 0 fully saturated rings. The number of carbonyl (C=O) groups is 1. The van der Waals surface area contributed by atoms with Crippen molar-refractivity contribution in [3.8, 4) is 5.75 Å². The molecule has 0 aromatic heterocycles. The van der Waals surface area contributed by atoms with Crippen molar-refractivity contribution in [2.45, 2.75) is 6.92 Å². The van der Waals surface area contributed by atoms with Gasteiger partial charge in [-0.25, -0.2) is 0 Å². The fourth-order valence-corrected chi connectivity index (χ4v) is 0.818. The molecule has 4 nitrogen and oxygen atoms in total. The molecular weight excluding hydrogens is 180 g/mol. The summed E-state index contributed by atoms with van der Waals surface area (Å²) in [6.07, 6.45) is 0.625. The van der Waals surface area contributed by atoms with E-state index in [9.17, 15) is 0 Å². The molecule has 0 spiro atoms. The van der Waals surface area contributed by atoms with E-state index < -0.39 is 0 Å². The highest BCUT2D eigenvalue weighted by atomic mass is 16.5. The van der Waals surface area contributed by atoms with E-state index in [0.717, 1.165) is 11.3 Å². The normalized spacial score (nSPS) is 8.21. The van der Waals surface area contributed by atoms with Crippen LogP contribution in [0.25, 0.3) is 0 Å². The van der Waals surface area contributed by atoms with Crippen LogP contribution in [0.3, 0.4) is 0 Å². The molecule has 0 aliphatic carbocycles. The molecule has 1 rings (SSSR count). The molecule has 0 saturated heterocycles. The molecule has 0 unspecified atom stereocenters. The summed E-state index contributed by atoms with van der Waals surface area (Å²) in [6.45, 7) is 2.00. The van der Waals surface area contributed by atoms with E-state index in [1.807, 2.05) is 25.1 Å². The van der Waals surface area contributed by atoms with Crippen LogP contribution >= 0.6 is 0 Å². The van der Waals surface area contributed by atoms with E-state index in [2.05, 4.69) is 5.32 Å². The Hall–Kier alpha value is -1.71. The second-order valence-corrected chi connectivity index (χ2v) is 2.65. The molecule has 0 aliphatic heterocycles. The smallest absolute Gasteiger partial charge is 0.206 e. The topological polar surface area (TPSA) is 64.3 Å². The number of hydrogen-bond donors (Lipinski definition) is 2. The average molecular weight is 196 g/mol. The van der Waals surface area contributed by atoms with Crippen LogP contribution in [0.1, 0.15) is 5.56 Å². The Kier molecular flexibility index (Phi) is 5.94. The van der Waals surface area contributed by atoms with Crippen molar-refractivity contribution in [2.24, 2.45) is 0 Å². The van der Waals surface area contributed by atoms with Gasteiger partial charge in [-0.2, -0.15) is 0 Å². The standard InChI is InChI=1S/C8H11NO.C2H5NO/c1-6-3-4-7(9)8(5-6)10-2;1-3-2-4/h3-5H,9H2,1-2H3;2H,1H3,(H,3,4). The van der Waals surface area contributed by atoms with Gasteiger partial charge in [-0.05, 0) is 24.6 Å². The molecule has 0 saturated carbocycles. The fourth-order valence-electron chi connectivity index (χ4n) is 0.818. The van der Waals surface area contributed by atoms with Crippen LogP contribution in [-0.4, -0.2) is 20.6 Å². The highest BCUT2D eigenvalue weighted by molar-refractivity contribution is 5.53. The van der Waals surface area contributed by atoms with Crippen LogP contribution in [-0.2, 0) is 4.79 Å². The third kappa shape index (κ3) is 4.35. The number of nitrogens with two attached hydrogens (primary N) is 1. The Labute approximate surface area is 84.1 Å². The number of aryl methyl sites for hydroxylation is 1. The predicted molar refractivity (Wildman–Crippen MR) is 57.3 cm³/mol. The maximum Gasteiger partial charge on any atom is 0.206 e. The largest absolute Gasteiger partial charge is 0.495 e. The average Bonchev–Trinajstić information content (AvgIpc) is 2.22. The summed E-state index contributed by atoms with van der Waals surface area (Å²) in [6, 6.07) is 5.71. The molecule has 14 heavy (non-hydrogen) atoms.